The largest absolute Gasteiger partial charge is 0.379 e. The minimum absolute atomic E-state index is 0. The Balaban J connectivity index is 0.00000484. The first kappa shape index (κ1) is 22.9. The van der Waals surface area contributed by atoms with E-state index in [1.54, 1.807) is 7.05 Å². The third-order valence-electron chi connectivity index (χ3n) is 4.41. The lowest BCUT2D eigenvalue weighted by Crippen LogP contribution is -2.43. The SMILES string of the molecule is CCC1(CNC(=NC)NCCOCCS(C)(=O)=O)CCCC1.I. The first-order valence-electron chi connectivity index (χ1n) is 8.11. The van der Waals surface area contributed by atoms with Crippen LogP contribution in [0.2, 0.25) is 0 Å². The third-order valence-corrected chi connectivity index (χ3v) is 5.31. The number of rotatable bonds is 9. The highest BCUT2D eigenvalue weighted by atomic mass is 127. The zero-order valence-corrected chi connectivity index (χ0v) is 17.7. The van der Waals surface area contributed by atoms with Crippen molar-refractivity contribution < 1.29 is 13.2 Å². The molecule has 138 valence electrons. The Bertz CT molecular complexity index is 449. The predicted octanol–water partition coefficient (Wildman–Crippen LogP) is 1.80. The van der Waals surface area contributed by atoms with Gasteiger partial charge in [0.2, 0.25) is 0 Å². The van der Waals surface area contributed by atoms with Crippen LogP contribution in [0.1, 0.15) is 39.0 Å². The molecule has 1 saturated carbocycles. The molecule has 1 aliphatic carbocycles. The van der Waals surface area contributed by atoms with Crippen LogP contribution < -0.4 is 10.6 Å². The molecule has 6 nitrogen and oxygen atoms in total. The second-order valence-corrected chi connectivity index (χ2v) is 8.42. The average molecular weight is 461 g/mol. The zero-order chi connectivity index (χ0) is 16.5. The van der Waals surface area contributed by atoms with Crippen LogP contribution in [-0.2, 0) is 14.6 Å². The van der Waals surface area contributed by atoms with E-state index in [9.17, 15) is 8.42 Å². The summed E-state index contributed by atoms with van der Waals surface area (Å²) >= 11 is 0. The van der Waals surface area contributed by atoms with Crippen molar-refractivity contribution >= 4 is 39.8 Å². The van der Waals surface area contributed by atoms with Gasteiger partial charge < -0.3 is 15.4 Å². The summed E-state index contributed by atoms with van der Waals surface area (Å²) in [5.74, 6) is 0.852. The molecule has 0 amide bonds. The first-order valence-corrected chi connectivity index (χ1v) is 10.2. The molecular formula is C15H32IN3O3S. The van der Waals surface area contributed by atoms with Crippen molar-refractivity contribution in [2.45, 2.75) is 39.0 Å². The normalized spacial score (nSPS) is 17.6. The lowest BCUT2D eigenvalue weighted by molar-refractivity contribution is 0.154. The van der Waals surface area contributed by atoms with Crippen molar-refractivity contribution in [3.63, 3.8) is 0 Å². The van der Waals surface area contributed by atoms with Gasteiger partial charge in [-0.2, -0.15) is 0 Å². The van der Waals surface area contributed by atoms with Crippen molar-refractivity contribution in [1.29, 1.82) is 0 Å². The summed E-state index contributed by atoms with van der Waals surface area (Å²) < 4.78 is 27.2. The fourth-order valence-corrected chi connectivity index (χ4v) is 3.25. The van der Waals surface area contributed by atoms with E-state index < -0.39 is 9.84 Å². The van der Waals surface area contributed by atoms with E-state index in [0.717, 1.165) is 12.5 Å². The number of hydrogen-bond donors (Lipinski definition) is 2. The molecule has 0 saturated heterocycles. The molecular weight excluding hydrogens is 429 g/mol. The molecule has 0 radical (unpaired) electrons. The van der Waals surface area contributed by atoms with E-state index in [1.807, 2.05) is 0 Å². The van der Waals surface area contributed by atoms with Crippen LogP contribution in [0.15, 0.2) is 4.99 Å². The predicted molar refractivity (Wildman–Crippen MR) is 107 cm³/mol. The molecule has 1 aliphatic rings. The van der Waals surface area contributed by atoms with Gasteiger partial charge in [-0.25, -0.2) is 8.42 Å². The monoisotopic (exact) mass is 461 g/mol. The number of nitrogens with zero attached hydrogens (tertiary/aromatic N) is 1. The Morgan fingerprint density at radius 1 is 1.22 bits per heavy atom. The van der Waals surface area contributed by atoms with E-state index in [4.69, 9.17) is 4.74 Å². The second-order valence-electron chi connectivity index (χ2n) is 6.16. The molecule has 0 aromatic carbocycles. The van der Waals surface area contributed by atoms with Gasteiger partial charge in [-0.15, -0.1) is 24.0 Å². The van der Waals surface area contributed by atoms with E-state index in [0.29, 0.717) is 18.6 Å². The maximum Gasteiger partial charge on any atom is 0.191 e. The van der Waals surface area contributed by atoms with Crippen molar-refractivity contribution in [2.75, 3.05) is 45.4 Å². The summed E-state index contributed by atoms with van der Waals surface area (Å²) in [6.45, 7) is 4.54. The Hall–Kier alpha value is -0.0900. The topological polar surface area (TPSA) is 79.8 Å². The van der Waals surface area contributed by atoms with Crippen LogP contribution in [0.3, 0.4) is 0 Å². The summed E-state index contributed by atoms with van der Waals surface area (Å²) in [5.41, 5.74) is 0.420. The third kappa shape index (κ3) is 9.71. The Morgan fingerprint density at radius 3 is 2.39 bits per heavy atom. The van der Waals surface area contributed by atoms with Crippen LogP contribution in [0.5, 0.6) is 0 Å². The summed E-state index contributed by atoms with van der Waals surface area (Å²) in [6.07, 6.45) is 7.66. The molecule has 0 bridgehead atoms. The van der Waals surface area contributed by atoms with Crippen LogP contribution in [-0.4, -0.2) is 59.7 Å². The van der Waals surface area contributed by atoms with Crippen LogP contribution in [0, 0.1) is 5.41 Å². The van der Waals surface area contributed by atoms with Crippen LogP contribution in [0.4, 0.5) is 0 Å². The van der Waals surface area contributed by atoms with Crippen LogP contribution >= 0.6 is 24.0 Å². The molecule has 1 rings (SSSR count). The van der Waals surface area contributed by atoms with E-state index in [1.165, 1.54) is 38.4 Å². The molecule has 0 heterocycles. The number of halogens is 1. The highest BCUT2D eigenvalue weighted by molar-refractivity contribution is 14.0. The quantitative estimate of drug-likeness (QED) is 0.237. The summed E-state index contributed by atoms with van der Waals surface area (Å²) in [4.78, 5) is 4.21. The molecule has 1 fully saturated rings. The summed E-state index contributed by atoms with van der Waals surface area (Å²) in [6, 6.07) is 0. The highest BCUT2D eigenvalue weighted by Crippen LogP contribution is 2.40. The van der Waals surface area contributed by atoms with E-state index in [-0.39, 0.29) is 36.3 Å². The molecule has 8 heteroatoms. The highest BCUT2D eigenvalue weighted by Gasteiger charge is 2.31. The van der Waals surface area contributed by atoms with E-state index in [2.05, 4.69) is 22.5 Å². The lowest BCUT2D eigenvalue weighted by Gasteiger charge is -2.28. The Labute approximate surface area is 158 Å². The minimum Gasteiger partial charge on any atom is -0.379 e. The number of hydrogen-bond acceptors (Lipinski definition) is 4. The number of ether oxygens (including phenoxy) is 1. The fraction of sp³-hybridized carbons (Fsp3) is 0.933. The average Bonchev–Trinajstić information content (AvgIpc) is 2.94. The molecule has 0 aliphatic heterocycles. The maximum atomic E-state index is 11.0. The number of guanidine groups is 1. The molecule has 0 aromatic heterocycles. The molecule has 0 unspecified atom stereocenters. The first-order chi connectivity index (χ1) is 10.4. The number of nitrogens with one attached hydrogen (secondary N) is 2. The standard InChI is InChI=1S/C15H31N3O3S.HI/c1-4-15(7-5-6-8-15)13-18-14(16-2)17-9-10-21-11-12-22(3,19)20;/h4-13H2,1-3H3,(H2,16,17,18);1H. The van der Waals surface area contributed by atoms with Crippen molar-refractivity contribution in [1.82, 2.24) is 10.6 Å². The van der Waals surface area contributed by atoms with Gasteiger partial charge in [0.1, 0.15) is 9.84 Å². The Morgan fingerprint density at radius 2 is 1.87 bits per heavy atom. The fourth-order valence-electron chi connectivity index (χ4n) is 2.83. The smallest absolute Gasteiger partial charge is 0.191 e. The van der Waals surface area contributed by atoms with Gasteiger partial charge in [0.05, 0.1) is 19.0 Å². The van der Waals surface area contributed by atoms with Gasteiger partial charge in [-0.05, 0) is 24.7 Å². The van der Waals surface area contributed by atoms with Crippen molar-refractivity contribution in [2.24, 2.45) is 10.4 Å². The van der Waals surface area contributed by atoms with Gasteiger partial charge in [-0.3, -0.25) is 4.99 Å². The van der Waals surface area contributed by atoms with Crippen molar-refractivity contribution in [3.8, 4) is 0 Å². The molecule has 0 aromatic rings. The van der Waals surface area contributed by atoms with Gasteiger partial charge >= 0.3 is 0 Å². The maximum absolute atomic E-state index is 11.0. The van der Waals surface area contributed by atoms with Gasteiger partial charge in [0.15, 0.2) is 5.96 Å². The molecule has 2 N–H and O–H groups in total. The summed E-state index contributed by atoms with van der Waals surface area (Å²) in [5, 5.41) is 6.60. The summed E-state index contributed by atoms with van der Waals surface area (Å²) in [7, 11) is -1.18. The number of sulfone groups is 1. The Kier molecular flexibility index (Phi) is 11.4. The number of aliphatic imine (C=N–C) groups is 1. The molecule has 0 spiro atoms. The molecule has 0 atom stereocenters. The van der Waals surface area contributed by atoms with Gasteiger partial charge in [0.25, 0.3) is 0 Å². The van der Waals surface area contributed by atoms with Gasteiger partial charge in [0, 0.05) is 26.4 Å². The van der Waals surface area contributed by atoms with Gasteiger partial charge in [-0.1, -0.05) is 19.8 Å². The second kappa shape index (κ2) is 11.5. The zero-order valence-electron chi connectivity index (χ0n) is 14.6. The minimum atomic E-state index is -2.94. The van der Waals surface area contributed by atoms with Crippen molar-refractivity contribution in [3.05, 3.63) is 0 Å². The van der Waals surface area contributed by atoms with Crippen LogP contribution in [0.25, 0.3) is 0 Å². The molecule has 23 heavy (non-hydrogen) atoms. The lowest BCUT2D eigenvalue weighted by atomic mass is 9.83. The van der Waals surface area contributed by atoms with E-state index >= 15 is 0 Å².